The van der Waals surface area contributed by atoms with Crippen LogP contribution < -0.4 is 10.9 Å². The van der Waals surface area contributed by atoms with Crippen molar-refractivity contribution in [3.05, 3.63) is 75.6 Å². The molecule has 1 amide bonds. The zero-order valence-electron chi connectivity index (χ0n) is 13.6. The van der Waals surface area contributed by atoms with Gasteiger partial charge in [-0.3, -0.25) is 4.79 Å². The summed E-state index contributed by atoms with van der Waals surface area (Å²) in [6.45, 7) is 0.226. The van der Waals surface area contributed by atoms with Gasteiger partial charge >= 0.3 is 5.63 Å². The highest BCUT2D eigenvalue weighted by molar-refractivity contribution is 5.96. The molecule has 0 saturated heterocycles. The highest BCUT2D eigenvalue weighted by Crippen LogP contribution is 2.19. The summed E-state index contributed by atoms with van der Waals surface area (Å²) >= 11 is 0. The Morgan fingerprint density at radius 2 is 1.81 bits per heavy atom. The smallest absolute Gasteiger partial charge is 0.349 e. The van der Waals surface area contributed by atoms with E-state index in [1.54, 1.807) is 0 Å². The predicted octanol–water partition coefficient (Wildman–Crippen LogP) is 3.14. The second-order valence-electron chi connectivity index (χ2n) is 5.81. The van der Waals surface area contributed by atoms with E-state index in [9.17, 15) is 23.5 Å². The van der Waals surface area contributed by atoms with Gasteiger partial charge < -0.3 is 14.8 Å². The van der Waals surface area contributed by atoms with Crippen molar-refractivity contribution in [2.75, 3.05) is 6.54 Å². The monoisotopic (exact) mass is 359 g/mol. The number of nitrogens with one attached hydrogen (secondary N) is 1. The molecule has 5 nitrogen and oxygen atoms in total. The number of hydrogen-bond acceptors (Lipinski definition) is 4. The minimum Gasteiger partial charge on any atom is -0.508 e. The van der Waals surface area contributed by atoms with Gasteiger partial charge in [0.15, 0.2) is 0 Å². The van der Waals surface area contributed by atoms with Gasteiger partial charge in [0, 0.05) is 24.1 Å². The van der Waals surface area contributed by atoms with Gasteiger partial charge in [-0.05, 0) is 48.7 Å². The van der Waals surface area contributed by atoms with Crippen molar-refractivity contribution >= 4 is 16.9 Å². The second kappa shape index (κ2) is 7.35. The molecule has 1 heterocycles. The van der Waals surface area contributed by atoms with Crippen molar-refractivity contribution < 1.29 is 23.1 Å². The fraction of sp³-hybridized carbons (Fsp3) is 0.158. The third kappa shape index (κ3) is 4.05. The summed E-state index contributed by atoms with van der Waals surface area (Å²) in [6, 6.07) is 8.89. The molecule has 0 aliphatic heterocycles. The van der Waals surface area contributed by atoms with E-state index in [2.05, 4.69) is 5.32 Å². The number of carbonyl (C=O) groups is 1. The minimum absolute atomic E-state index is 0.0494. The molecule has 1 aromatic heterocycles. The molecule has 134 valence electrons. The fourth-order valence-corrected chi connectivity index (χ4v) is 2.60. The highest BCUT2D eigenvalue weighted by Gasteiger charge is 2.13. The van der Waals surface area contributed by atoms with Crippen molar-refractivity contribution in [2.45, 2.75) is 12.8 Å². The summed E-state index contributed by atoms with van der Waals surface area (Å²) in [5.74, 6) is -1.95. The number of amides is 1. The molecule has 7 heteroatoms. The topological polar surface area (TPSA) is 79.5 Å². The van der Waals surface area contributed by atoms with Crippen LogP contribution in [0.15, 0.2) is 51.7 Å². The molecular formula is C19H15F2NO4. The van der Waals surface area contributed by atoms with Gasteiger partial charge in [0.1, 0.15) is 28.5 Å². The maximum Gasteiger partial charge on any atom is 0.349 e. The number of benzene rings is 2. The summed E-state index contributed by atoms with van der Waals surface area (Å²) in [4.78, 5) is 24.1. The normalized spacial score (nSPS) is 10.8. The number of halogens is 2. The zero-order chi connectivity index (χ0) is 18.7. The quantitative estimate of drug-likeness (QED) is 0.542. The van der Waals surface area contributed by atoms with E-state index in [-0.39, 0.29) is 23.4 Å². The van der Waals surface area contributed by atoms with Gasteiger partial charge in [0.25, 0.3) is 5.91 Å². The number of phenols is 1. The van der Waals surface area contributed by atoms with E-state index in [1.807, 2.05) is 0 Å². The van der Waals surface area contributed by atoms with Gasteiger partial charge in [-0.25, -0.2) is 13.6 Å². The van der Waals surface area contributed by atoms with Gasteiger partial charge in [-0.1, -0.05) is 0 Å². The first-order chi connectivity index (χ1) is 12.4. The lowest BCUT2D eigenvalue weighted by molar-refractivity contribution is 0.0949. The van der Waals surface area contributed by atoms with Crippen LogP contribution in [0, 0.1) is 11.6 Å². The first kappa shape index (κ1) is 17.6. The second-order valence-corrected chi connectivity index (χ2v) is 5.81. The number of aromatic hydroxyl groups is 1. The average Bonchev–Trinajstić information content (AvgIpc) is 2.57. The maximum absolute atomic E-state index is 13.1. The number of rotatable bonds is 5. The van der Waals surface area contributed by atoms with Gasteiger partial charge in [-0.2, -0.15) is 0 Å². The molecule has 0 unspecified atom stereocenters. The van der Waals surface area contributed by atoms with Crippen LogP contribution in [0.25, 0.3) is 11.0 Å². The van der Waals surface area contributed by atoms with Crippen molar-refractivity contribution in [1.29, 1.82) is 0 Å². The molecule has 0 atom stereocenters. The van der Waals surface area contributed by atoms with Crippen molar-refractivity contribution in [1.82, 2.24) is 5.32 Å². The Bertz CT molecular complexity index is 1010. The molecule has 0 radical (unpaired) electrons. The summed E-state index contributed by atoms with van der Waals surface area (Å²) in [5, 5.41) is 12.5. The summed E-state index contributed by atoms with van der Waals surface area (Å²) in [5.41, 5.74) is -0.297. The van der Waals surface area contributed by atoms with E-state index in [0.717, 1.165) is 6.07 Å². The van der Waals surface area contributed by atoms with Crippen molar-refractivity contribution in [2.24, 2.45) is 0 Å². The Balaban J connectivity index is 1.63. The van der Waals surface area contributed by atoms with Crippen LogP contribution in [0.4, 0.5) is 8.78 Å². The fourth-order valence-electron chi connectivity index (χ4n) is 2.60. The van der Waals surface area contributed by atoms with Crippen molar-refractivity contribution in [3.8, 4) is 5.75 Å². The van der Waals surface area contributed by atoms with Crippen molar-refractivity contribution in [3.63, 3.8) is 0 Å². The zero-order valence-corrected chi connectivity index (χ0v) is 13.6. The molecule has 0 saturated carbocycles. The molecule has 3 rings (SSSR count). The molecule has 26 heavy (non-hydrogen) atoms. The van der Waals surface area contributed by atoms with Crippen LogP contribution in [0.3, 0.4) is 0 Å². The maximum atomic E-state index is 13.1. The van der Waals surface area contributed by atoms with Gasteiger partial charge in [0.05, 0.1) is 0 Å². The van der Waals surface area contributed by atoms with E-state index < -0.39 is 23.2 Å². The summed E-state index contributed by atoms with van der Waals surface area (Å²) in [6.07, 6.45) is 0.821. The lowest BCUT2D eigenvalue weighted by Gasteiger charge is -2.06. The first-order valence-corrected chi connectivity index (χ1v) is 7.92. The summed E-state index contributed by atoms with van der Waals surface area (Å²) < 4.78 is 31.3. The Labute approximate surface area is 146 Å². The van der Waals surface area contributed by atoms with Crippen LogP contribution in [-0.4, -0.2) is 17.6 Å². The Hall–Kier alpha value is -3.22. The highest BCUT2D eigenvalue weighted by atomic mass is 19.1. The average molecular weight is 359 g/mol. The first-order valence-electron chi connectivity index (χ1n) is 7.92. The van der Waals surface area contributed by atoms with E-state index in [0.29, 0.717) is 23.8 Å². The molecule has 2 N–H and O–H groups in total. The Kier molecular flexibility index (Phi) is 4.97. The molecule has 0 spiro atoms. The molecule has 0 aliphatic carbocycles. The van der Waals surface area contributed by atoms with Gasteiger partial charge in [0.2, 0.25) is 0 Å². The lowest BCUT2D eigenvalue weighted by Crippen LogP contribution is -2.29. The Morgan fingerprint density at radius 1 is 1.08 bits per heavy atom. The molecule has 0 aliphatic rings. The van der Waals surface area contributed by atoms with E-state index >= 15 is 0 Å². The third-order valence-corrected chi connectivity index (χ3v) is 3.81. The van der Waals surface area contributed by atoms with Crippen LogP contribution in [-0.2, 0) is 6.42 Å². The van der Waals surface area contributed by atoms with Crippen LogP contribution in [0.1, 0.15) is 22.3 Å². The Morgan fingerprint density at radius 3 is 2.54 bits per heavy atom. The van der Waals surface area contributed by atoms with Crippen LogP contribution in [0.2, 0.25) is 0 Å². The summed E-state index contributed by atoms with van der Waals surface area (Å²) in [7, 11) is 0. The molecule has 0 bridgehead atoms. The van der Waals surface area contributed by atoms with Crippen LogP contribution in [0.5, 0.6) is 5.75 Å². The predicted molar refractivity (Wildman–Crippen MR) is 91.2 cm³/mol. The van der Waals surface area contributed by atoms with E-state index in [1.165, 1.54) is 36.4 Å². The lowest BCUT2D eigenvalue weighted by atomic mass is 10.1. The SMILES string of the molecule is O=C(NCCCc1cc(F)cc(F)c1)c1cc2ccc(O)cc2oc1=O. The number of aryl methyl sites for hydroxylation is 1. The molecule has 2 aromatic carbocycles. The van der Waals surface area contributed by atoms with Gasteiger partial charge in [-0.15, -0.1) is 0 Å². The standard InChI is InChI=1S/C19H15F2NO4/c20-13-6-11(7-14(21)9-13)2-1-5-22-18(24)16-8-12-3-4-15(23)10-17(12)26-19(16)25/h3-4,6-10,23H,1-2,5H2,(H,22,24). The molecule has 3 aromatic rings. The van der Waals surface area contributed by atoms with E-state index in [4.69, 9.17) is 4.42 Å². The molecule has 0 fully saturated rings. The minimum atomic E-state index is -0.812. The number of hydrogen-bond donors (Lipinski definition) is 2. The number of fused-ring (bicyclic) bond motifs is 1. The number of phenolic OH excluding ortho intramolecular Hbond substituents is 1. The largest absolute Gasteiger partial charge is 0.508 e. The van der Waals surface area contributed by atoms with Crippen LogP contribution >= 0.6 is 0 Å². The third-order valence-electron chi connectivity index (χ3n) is 3.81. The number of carbonyl (C=O) groups excluding carboxylic acids is 1. The molecular weight excluding hydrogens is 344 g/mol.